The van der Waals surface area contributed by atoms with Gasteiger partial charge in [0.25, 0.3) is 15.9 Å². The van der Waals surface area contributed by atoms with Crippen molar-refractivity contribution in [1.82, 2.24) is 14.7 Å². The second-order valence-corrected chi connectivity index (χ2v) is 10.9. The van der Waals surface area contributed by atoms with E-state index in [1.165, 1.54) is 12.1 Å². The van der Waals surface area contributed by atoms with E-state index >= 15 is 0 Å². The Labute approximate surface area is 183 Å². The molecule has 9 heteroatoms. The summed E-state index contributed by atoms with van der Waals surface area (Å²) < 4.78 is 31.0. The molecule has 166 valence electrons. The lowest BCUT2D eigenvalue weighted by atomic mass is 10.1. The minimum Gasteiger partial charge on any atom is -0.362 e. The van der Waals surface area contributed by atoms with E-state index in [4.69, 9.17) is 0 Å². The number of nitrogens with zero attached hydrogens (tertiary/aromatic N) is 4. The molecule has 1 aromatic carbocycles. The molecule has 8 nitrogen and oxygen atoms in total. The van der Waals surface area contributed by atoms with Gasteiger partial charge in [-0.15, -0.1) is 4.40 Å². The second-order valence-electron chi connectivity index (χ2n) is 9.30. The summed E-state index contributed by atoms with van der Waals surface area (Å²) in [7, 11) is -1.94. The molecule has 1 amide bonds. The maximum Gasteiger partial charge on any atom is 0.283 e. The Bertz CT molecular complexity index is 1120. The predicted octanol–water partition coefficient (Wildman–Crippen LogP) is 3.58. The number of amidine groups is 1. The van der Waals surface area contributed by atoms with Crippen LogP contribution in [0.1, 0.15) is 68.6 Å². The molecule has 2 heterocycles. The van der Waals surface area contributed by atoms with Gasteiger partial charge in [0, 0.05) is 31.6 Å². The van der Waals surface area contributed by atoms with E-state index in [-0.39, 0.29) is 16.3 Å². The number of rotatable bonds is 5. The molecule has 31 heavy (non-hydrogen) atoms. The Morgan fingerprint density at radius 3 is 2.42 bits per heavy atom. The molecule has 1 N–H and O–H groups in total. The fraction of sp³-hybridized carbons (Fsp3) is 0.500. The Kier molecular flexibility index (Phi) is 5.41. The molecule has 1 saturated heterocycles. The summed E-state index contributed by atoms with van der Waals surface area (Å²) in [6.45, 7) is 6.84. The van der Waals surface area contributed by atoms with Gasteiger partial charge in [-0.05, 0) is 70.4 Å². The summed E-state index contributed by atoms with van der Waals surface area (Å²) in [6, 6.07) is 7.98. The van der Waals surface area contributed by atoms with Crippen molar-refractivity contribution < 1.29 is 13.2 Å². The standard InChI is InChI=1S/C22H29N5O3S/c1-22(2,3)27-19(14-18(24-27)15-7-8-15)21(28)23-16-9-11-17(12-10-16)31(29,30)25-20-6-5-13-26(20)4/h9-12,14-15H,5-8,13H2,1-4H3,(H,23,28)/b25-20+. The minimum absolute atomic E-state index is 0.106. The normalized spacial score (nSPS) is 18.6. The van der Waals surface area contributed by atoms with Crippen molar-refractivity contribution in [3.8, 4) is 0 Å². The lowest BCUT2D eigenvalue weighted by Gasteiger charge is -2.22. The number of hydrogen-bond donors (Lipinski definition) is 1. The molecular weight excluding hydrogens is 414 g/mol. The van der Waals surface area contributed by atoms with Crippen molar-refractivity contribution in [3.63, 3.8) is 0 Å². The Balaban J connectivity index is 1.53. The molecule has 2 aromatic rings. The topological polar surface area (TPSA) is 96.7 Å². The number of carbonyl (C=O) groups is 1. The summed E-state index contributed by atoms with van der Waals surface area (Å²) >= 11 is 0. The number of carbonyl (C=O) groups excluding carboxylic acids is 1. The summed E-state index contributed by atoms with van der Waals surface area (Å²) in [5.41, 5.74) is 1.65. The first-order valence-corrected chi connectivity index (χ1v) is 12.1. The first kappa shape index (κ1) is 21.5. The summed E-state index contributed by atoms with van der Waals surface area (Å²) in [4.78, 5) is 14.9. The first-order valence-electron chi connectivity index (χ1n) is 10.6. The Hall–Kier alpha value is -2.68. The molecule has 0 bridgehead atoms. The third-order valence-corrected chi connectivity index (χ3v) is 6.88. The fourth-order valence-corrected chi connectivity index (χ4v) is 4.75. The van der Waals surface area contributed by atoms with Crippen LogP contribution in [0.3, 0.4) is 0 Å². The monoisotopic (exact) mass is 443 g/mol. The second kappa shape index (κ2) is 7.78. The smallest absolute Gasteiger partial charge is 0.283 e. The largest absolute Gasteiger partial charge is 0.362 e. The molecule has 2 fully saturated rings. The number of likely N-dealkylation sites (tertiary alicyclic amines) is 1. The molecule has 0 spiro atoms. The fourth-order valence-electron chi connectivity index (χ4n) is 3.66. The summed E-state index contributed by atoms with van der Waals surface area (Å²) in [6.07, 6.45) is 3.79. The predicted molar refractivity (Wildman–Crippen MR) is 120 cm³/mol. The van der Waals surface area contributed by atoms with E-state index in [1.807, 2.05) is 38.8 Å². The molecule has 1 aliphatic heterocycles. The third kappa shape index (κ3) is 4.66. The maximum atomic E-state index is 13.0. The number of amides is 1. The highest BCUT2D eigenvalue weighted by Gasteiger charge is 2.31. The van der Waals surface area contributed by atoms with Gasteiger partial charge in [-0.25, -0.2) is 0 Å². The van der Waals surface area contributed by atoms with Gasteiger partial charge in [0.2, 0.25) is 0 Å². The van der Waals surface area contributed by atoms with Crippen LogP contribution in [-0.2, 0) is 15.6 Å². The number of hydrogen-bond acceptors (Lipinski definition) is 4. The summed E-state index contributed by atoms with van der Waals surface area (Å²) in [5.74, 6) is 0.761. The zero-order chi connectivity index (χ0) is 22.4. The highest BCUT2D eigenvalue weighted by molar-refractivity contribution is 7.90. The average Bonchev–Trinajstić information content (AvgIpc) is 3.31. The van der Waals surface area contributed by atoms with Crippen molar-refractivity contribution in [2.24, 2.45) is 4.40 Å². The summed E-state index contributed by atoms with van der Waals surface area (Å²) in [5, 5.41) is 7.53. The molecule has 4 rings (SSSR count). The van der Waals surface area contributed by atoms with Gasteiger partial charge in [-0.1, -0.05) is 0 Å². The van der Waals surface area contributed by atoms with Crippen LogP contribution in [0.15, 0.2) is 39.6 Å². The first-order chi connectivity index (χ1) is 14.5. The SMILES string of the molecule is CN1CCC/C1=N\S(=O)(=O)c1ccc(NC(=O)c2cc(C3CC3)nn2C(C)(C)C)cc1. The molecule has 0 atom stereocenters. The van der Waals surface area contributed by atoms with E-state index < -0.39 is 10.0 Å². The van der Waals surface area contributed by atoms with E-state index in [1.54, 1.807) is 16.8 Å². The van der Waals surface area contributed by atoms with Gasteiger partial charge in [0.05, 0.1) is 16.1 Å². The molecular formula is C22H29N5O3S. The number of benzene rings is 1. The third-order valence-electron chi connectivity index (χ3n) is 5.56. The van der Waals surface area contributed by atoms with E-state index in [2.05, 4.69) is 14.8 Å². The van der Waals surface area contributed by atoms with Crippen LogP contribution in [0.4, 0.5) is 5.69 Å². The lowest BCUT2D eigenvalue weighted by Crippen LogP contribution is -2.29. The van der Waals surface area contributed by atoms with Crippen molar-refractivity contribution in [1.29, 1.82) is 0 Å². The van der Waals surface area contributed by atoms with Crippen LogP contribution in [0.25, 0.3) is 0 Å². The van der Waals surface area contributed by atoms with Gasteiger partial charge in [0.15, 0.2) is 0 Å². The van der Waals surface area contributed by atoms with Crippen LogP contribution >= 0.6 is 0 Å². The van der Waals surface area contributed by atoms with Crippen LogP contribution in [-0.4, -0.2) is 48.4 Å². The molecule has 1 saturated carbocycles. The van der Waals surface area contributed by atoms with Crippen LogP contribution in [0.2, 0.25) is 0 Å². The molecule has 1 aromatic heterocycles. The molecule has 1 aliphatic carbocycles. The number of aromatic nitrogens is 2. The Morgan fingerprint density at radius 1 is 1.19 bits per heavy atom. The van der Waals surface area contributed by atoms with Crippen LogP contribution in [0, 0.1) is 0 Å². The molecule has 0 radical (unpaired) electrons. The van der Waals surface area contributed by atoms with E-state index in [0.717, 1.165) is 31.5 Å². The van der Waals surface area contributed by atoms with Gasteiger partial charge >= 0.3 is 0 Å². The minimum atomic E-state index is -3.78. The van der Waals surface area contributed by atoms with E-state index in [0.29, 0.717) is 29.6 Å². The van der Waals surface area contributed by atoms with Gasteiger partial charge in [-0.2, -0.15) is 13.5 Å². The van der Waals surface area contributed by atoms with Crippen molar-refractivity contribution >= 4 is 27.5 Å². The van der Waals surface area contributed by atoms with Crippen LogP contribution < -0.4 is 5.32 Å². The quantitative estimate of drug-likeness (QED) is 0.762. The number of anilines is 1. The van der Waals surface area contributed by atoms with E-state index in [9.17, 15) is 13.2 Å². The maximum absolute atomic E-state index is 13.0. The zero-order valence-corrected chi connectivity index (χ0v) is 19.2. The highest BCUT2D eigenvalue weighted by atomic mass is 32.2. The highest BCUT2D eigenvalue weighted by Crippen LogP contribution is 2.40. The molecule has 2 aliphatic rings. The Morgan fingerprint density at radius 2 is 1.87 bits per heavy atom. The van der Waals surface area contributed by atoms with Crippen molar-refractivity contribution in [2.45, 2.75) is 62.8 Å². The average molecular weight is 444 g/mol. The lowest BCUT2D eigenvalue weighted by molar-refractivity contribution is 0.100. The van der Waals surface area contributed by atoms with Crippen molar-refractivity contribution in [3.05, 3.63) is 41.7 Å². The number of sulfonamides is 1. The molecule has 0 unspecified atom stereocenters. The van der Waals surface area contributed by atoms with Crippen molar-refractivity contribution in [2.75, 3.05) is 18.9 Å². The van der Waals surface area contributed by atoms with Gasteiger partial charge in [0.1, 0.15) is 11.5 Å². The number of nitrogens with one attached hydrogen (secondary N) is 1. The van der Waals surface area contributed by atoms with Crippen LogP contribution in [0.5, 0.6) is 0 Å². The van der Waals surface area contributed by atoms with Gasteiger partial charge < -0.3 is 10.2 Å². The van der Waals surface area contributed by atoms with Gasteiger partial charge in [-0.3, -0.25) is 9.48 Å². The zero-order valence-electron chi connectivity index (χ0n) is 18.4.